The maximum Gasteiger partial charge on any atom is 0.239 e. The number of hydrogen-bond donors (Lipinski definition) is 2. The molecule has 0 saturated carbocycles. The highest BCUT2D eigenvalue weighted by Crippen LogP contribution is 2.05. The van der Waals surface area contributed by atoms with Gasteiger partial charge in [0, 0.05) is 12.6 Å². The first kappa shape index (κ1) is 14.0. The van der Waals surface area contributed by atoms with E-state index in [0.29, 0.717) is 13.2 Å². The van der Waals surface area contributed by atoms with E-state index in [2.05, 4.69) is 22.8 Å². The molecule has 1 aliphatic rings. The van der Waals surface area contributed by atoms with Crippen LogP contribution >= 0.6 is 0 Å². The Morgan fingerprint density at radius 2 is 2.26 bits per heavy atom. The fourth-order valence-electron chi connectivity index (χ4n) is 2.18. The van der Waals surface area contributed by atoms with Gasteiger partial charge in [0.25, 0.3) is 0 Å². The Morgan fingerprint density at radius 3 is 2.95 bits per heavy atom. The molecular weight excluding hydrogens is 240 g/mol. The van der Waals surface area contributed by atoms with E-state index in [4.69, 9.17) is 4.74 Å². The summed E-state index contributed by atoms with van der Waals surface area (Å²) in [6, 6.07) is 10.3. The van der Waals surface area contributed by atoms with E-state index in [1.54, 1.807) is 0 Å². The summed E-state index contributed by atoms with van der Waals surface area (Å²) in [4.78, 5) is 12.0. The molecule has 2 atom stereocenters. The molecule has 19 heavy (non-hydrogen) atoms. The van der Waals surface area contributed by atoms with E-state index in [1.807, 2.05) is 25.1 Å². The second-order valence-electron chi connectivity index (χ2n) is 5.02. The number of rotatable bonds is 5. The predicted octanol–water partition coefficient (Wildman–Crippen LogP) is 1.11. The summed E-state index contributed by atoms with van der Waals surface area (Å²) in [7, 11) is 0. The fourth-order valence-corrected chi connectivity index (χ4v) is 2.18. The van der Waals surface area contributed by atoms with Gasteiger partial charge in [-0.3, -0.25) is 4.79 Å². The first-order chi connectivity index (χ1) is 9.25. The maximum absolute atomic E-state index is 12.0. The van der Waals surface area contributed by atoms with Crippen molar-refractivity contribution in [2.75, 3.05) is 19.8 Å². The van der Waals surface area contributed by atoms with Crippen molar-refractivity contribution in [1.82, 2.24) is 10.6 Å². The standard InChI is InChI=1S/C15H22N2O2/c1-12(7-8-13-5-3-2-4-6-13)17-15(18)14-11-19-10-9-16-14/h2-6,12,14,16H,7-11H2,1H3,(H,17,18). The molecule has 0 radical (unpaired) electrons. The number of carbonyl (C=O) groups excluding carboxylic acids is 1. The van der Waals surface area contributed by atoms with Crippen molar-refractivity contribution in [3.05, 3.63) is 35.9 Å². The van der Waals surface area contributed by atoms with Gasteiger partial charge in [-0.1, -0.05) is 30.3 Å². The van der Waals surface area contributed by atoms with Crippen molar-refractivity contribution in [2.45, 2.75) is 31.8 Å². The molecule has 0 aliphatic carbocycles. The minimum Gasteiger partial charge on any atom is -0.378 e. The van der Waals surface area contributed by atoms with Crippen LogP contribution in [0.2, 0.25) is 0 Å². The summed E-state index contributed by atoms with van der Waals surface area (Å²) in [6.07, 6.45) is 1.93. The molecule has 4 heteroatoms. The summed E-state index contributed by atoms with van der Waals surface area (Å²) < 4.78 is 5.29. The highest BCUT2D eigenvalue weighted by atomic mass is 16.5. The third-order valence-electron chi connectivity index (χ3n) is 3.34. The summed E-state index contributed by atoms with van der Waals surface area (Å²) in [6.45, 7) is 3.95. The summed E-state index contributed by atoms with van der Waals surface area (Å²) in [5.74, 6) is 0.0419. The second-order valence-corrected chi connectivity index (χ2v) is 5.02. The average molecular weight is 262 g/mol. The van der Waals surface area contributed by atoms with Crippen molar-refractivity contribution >= 4 is 5.91 Å². The largest absolute Gasteiger partial charge is 0.378 e. The SMILES string of the molecule is CC(CCc1ccccc1)NC(=O)C1COCCN1. The van der Waals surface area contributed by atoms with E-state index < -0.39 is 0 Å². The van der Waals surface area contributed by atoms with Crippen LogP contribution in [0.5, 0.6) is 0 Å². The zero-order valence-corrected chi connectivity index (χ0v) is 11.4. The number of carbonyl (C=O) groups is 1. The number of amides is 1. The van der Waals surface area contributed by atoms with Crippen LogP contribution in [-0.2, 0) is 16.0 Å². The fraction of sp³-hybridized carbons (Fsp3) is 0.533. The smallest absolute Gasteiger partial charge is 0.239 e. The van der Waals surface area contributed by atoms with Crippen LogP contribution in [0, 0.1) is 0 Å². The number of benzene rings is 1. The molecule has 1 amide bonds. The van der Waals surface area contributed by atoms with Crippen molar-refractivity contribution in [1.29, 1.82) is 0 Å². The quantitative estimate of drug-likeness (QED) is 0.836. The normalized spacial score (nSPS) is 20.8. The Morgan fingerprint density at radius 1 is 1.47 bits per heavy atom. The van der Waals surface area contributed by atoms with E-state index in [1.165, 1.54) is 5.56 Å². The Kier molecular flexibility index (Phi) is 5.36. The van der Waals surface area contributed by atoms with E-state index in [0.717, 1.165) is 19.4 Å². The summed E-state index contributed by atoms with van der Waals surface area (Å²) >= 11 is 0. The van der Waals surface area contributed by atoms with Crippen LogP contribution < -0.4 is 10.6 Å². The first-order valence-corrected chi connectivity index (χ1v) is 6.91. The number of ether oxygens (including phenoxy) is 1. The Hall–Kier alpha value is -1.39. The van der Waals surface area contributed by atoms with Gasteiger partial charge in [-0.25, -0.2) is 0 Å². The van der Waals surface area contributed by atoms with E-state index >= 15 is 0 Å². The highest BCUT2D eigenvalue weighted by Gasteiger charge is 2.21. The molecule has 1 heterocycles. The zero-order chi connectivity index (χ0) is 13.5. The van der Waals surface area contributed by atoms with Gasteiger partial charge in [0.2, 0.25) is 5.91 Å². The Balaban J connectivity index is 1.71. The molecule has 1 fully saturated rings. The monoisotopic (exact) mass is 262 g/mol. The lowest BCUT2D eigenvalue weighted by Crippen LogP contribution is -2.52. The molecular formula is C15H22N2O2. The number of aryl methyl sites for hydroxylation is 1. The molecule has 1 aliphatic heterocycles. The van der Waals surface area contributed by atoms with Crippen LogP contribution in [0.15, 0.2) is 30.3 Å². The van der Waals surface area contributed by atoms with Crippen LogP contribution in [0.4, 0.5) is 0 Å². The van der Waals surface area contributed by atoms with Gasteiger partial charge in [-0.15, -0.1) is 0 Å². The predicted molar refractivity (Wildman–Crippen MR) is 75.0 cm³/mol. The molecule has 1 aromatic rings. The number of nitrogens with one attached hydrogen (secondary N) is 2. The topological polar surface area (TPSA) is 50.4 Å². The van der Waals surface area contributed by atoms with Crippen molar-refractivity contribution in [3.8, 4) is 0 Å². The van der Waals surface area contributed by atoms with Crippen LogP contribution in [0.3, 0.4) is 0 Å². The molecule has 4 nitrogen and oxygen atoms in total. The molecule has 2 N–H and O–H groups in total. The summed E-state index contributed by atoms with van der Waals surface area (Å²) in [5, 5.41) is 6.20. The number of morpholine rings is 1. The van der Waals surface area contributed by atoms with Gasteiger partial charge in [-0.2, -0.15) is 0 Å². The van der Waals surface area contributed by atoms with E-state index in [-0.39, 0.29) is 18.0 Å². The minimum atomic E-state index is -0.201. The van der Waals surface area contributed by atoms with Crippen LogP contribution in [0.25, 0.3) is 0 Å². The van der Waals surface area contributed by atoms with Crippen molar-refractivity contribution in [2.24, 2.45) is 0 Å². The molecule has 1 aromatic carbocycles. The van der Waals surface area contributed by atoms with Gasteiger partial charge < -0.3 is 15.4 Å². The Labute approximate surface area is 114 Å². The van der Waals surface area contributed by atoms with E-state index in [9.17, 15) is 4.79 Å². The molecule has 0 bridgehead atoms. The minimum absolute atomic E-state index is 0.0419. The zero-order valence-electron chi connectivity index (χ0n) is 11.4. The van der Waals surface area contributed by atoms with Gasteiger partial charge >= 0.3 is 0 Å². The molecule has 0 aromatic heterocycles. The molecule has 104 valence electrons. The maximum atomic E-state index is 12.0. The van der Waals surface area contributed by atoms with Crippen molar-refractivity contribution < 1.29 is 9.53 Å². The van der Waals surface area contributed by atoms with Gasteiger partial charge in [0.15, 0.2) is 0 Å². The third kappa shape index (κ3) is 4.65. The van der Waals surface area contributed by atoms with Gasteiger partial charge in [-0.05, 0) is 25.3 Å². The molecule has 2 rings (SSSR count). The van der Waals surface area contributed by atoms with Gasteiger partial charge in [0.05, 0.1) is 13.2 Å². The second kappa shape index (κ2) is 7.26. The number of hydrogen-bond acceptors (Lipinski definition) is 3. The lowest BCUT2D eigenvalue weighted by Gasteiger charge is -2.24. The summed E-state index contributed by atoms with van der Waals surface area (Å²) in [5.41, 5.74) is 1.31. The van der Waals surface area contributed by atoms with Crippen molar-refractivity contribution in [3.63, 3.8) is 0 Å². The molecule has 0 spiro atoms. The highest BCUT2D eigenvalue weighted by molar-refractivity contribution is 5.82. The lowest BCUT2D eigenvalue weighted by molar-refractivity contribution is -0.126. The van der Waals surface area contributed by atoms with Crippen LogP contribution in [-0.4, -0.2) is 37.7 Å². The average Bonchev–Trinajstić information content (AvgIpc) is 2.47. The first-order valence-electron chi connectivity index (χ1n) is 6.91. The lowest BCUT2D eigenvalue weighted by atomic mass is 10.1. The third-order valence-corrected chi connectivity index (χ3v) is 3.34. The van der Waals surface area contributed by atoms with Crippen LogP contribution in [0.1, 0.15) is 18.9 Å². The van der Waals surface area contributed by atoms with Gasteiger partial charge in [0.1, 0.15) is 6.04 Å². The molecule has 1 saturated heterocycles. The Bertz CT molecular complexity index is 388. The molecule has 2 unspecified atom stereocenters.